The number of hydrogen-bond donors (Lipinski definition) is 1. The fourth-order valence-corrected chi connectivity index (χ4v) is 4.07. The highest BCUT2D eigenvalue weighted by atomic mass is 35.5. The smallest absolute Gasteiger partial charge is 0.256 e. The molecular weight excluding hydrogens is 398 g/mol. The highest BCUT2D eigenvalue weighted by molar-refractivity contribution is 6.30. The molecule has 0 saturated carbocycles. The van der Waals surface area contributed by atoms with Crippen molar-refractivity contribution >= 4 is 17.5 Å². The Morgan fingerprint density at radius 3 is 2.67 bits per heavy atom. The van der Waals surface area contributed by atoms with Crippen LogP contribution < -0.4 is 5.56 Å². The number of aromatic nitrogens is 2. The number of hydrogen-bond acceptors (Lipinski definition) is 3. The van der Waals surface area contributed by atoms with Gasteiger partial charge in [-0.15, -0.1) is 0 Å². The SMILES string of the molecule is CC(C)(c1ccccc1)c1nc2c(c(=O)[nH]1)CN(C(=O)Cc1cccc(Cl)c1)CC2. The number of H-pyrrole nitrogens is 1. The summed E-state index contributed by atoms with van der Waals surface area (Å²) in [6.45, 7) is 4.93. The lowest BCUT2D eigenvalue weighted by Crippen LogP contribution is -2.41. The predicted molar refractivity (Wildman–Crippen MR) is 118 cm³/mol. The van der Waals surface area contributed by atoms with Crippen LogP contribution in [-0.2, 0) is 29.6 Å². The zero-order valence-corrected chi connectivity index (χ0v) is 17.9. The largest absolute Gasteiger partial charge is 0.337 e. The molecule has 0 unspecified atom stereocenters. The van der Waals surface area contributed by atoms with Gasteiger partial charge < -0.3 is 9.88 Å². The number of fused-ring (bicyclic) bond motifs is 1. The van der Waals surface area contributed by atoms with Gasteiger partial charge in [0, 0.05) is 23.4 Å². The van der Waals surface area contributed by atoms with E-state index in [0.29, 0.717) is 29.4 Å². The topological polar surface area (TPSA) is 66.1 Å². The summed E-state index contributed by atoms with van der Waals surface area (Å²) in [5.41, 5.74) is 2.72. The van der Waals surface area contributed by atoms with Crippen molar-refractivity contribution in [3.8, 4) is 0 Å². The molecule has 1 amide bonds. The first-order valence-electron chi connectivity index (χ1n) is 10.0. The Labute approximate surface area is 180 Å². The van der Waals surface area contributed by atoms with Gasteiger partial charge in [-0.05, 0) is 37.1 Å². The monoisotopic (exact) mass is 421 g/mol. The molecule has 0 bridgehead atoms. The summed E-state index contributed by atoms with van der Waals surface area (Å²) in [5, 5.41) is 0.610. The first-order valence-corrected chi connectivity index (χ1v) is 10.4. The van der Waals surface area contributed by atoms with Gasteiger partial charge >= 0.3 is 0 Å². The number of nitrogens with zero attached hydrogens (tertiary/aromatic N) is 2. The lowest BCUT2D eigenvalue weighted by molar-refractivity contribution is -0.131. The number of amides is 1. The van der Waals surface area contributed by atoms with Gasteiger partial charge in [-0.2, -0.15) is 0 Å². The van der Waals surface area contributed by atoms with Crippen LogP contribution in [0.3, 0.4) is 0 Å². The van der Waals surface area contributed by atoms with E-state index in [1.165, 1.54) is 0 Å². The van der Waals surface area contributed by atoms with E-state index in [4.69, 9.17) is 16.6 Å². The maximum atomic E-state index is 12.9. The number of carbonyl (C=O) groups is 1. The van der Waals surface area contributed by atoms with Crippen LogP contribution in [0.15, 0.2) is 59.4 Å². The van der Waals surface area contributed by atoms with E-state index >= 15 is 0 Å². The summed E-state index contributed by atoms with van der Waals surface area (Å²) in [7, 11) is 0. The third-order valence-corrected chi connectivity index (χ3v) is 5.99. The highest BCUT2D eigenvalue weighted by Crippen LogP contribution is 2.29. The molecule has 154 valence electrons. The molecule has 0 fully saturated rings. The standard InChI is InChI=1S/C24H24ClN3O2/c1-24(2,17-8-4-3-5-9-17)23-26-20-11-12-28(15-19(20)22(30)27-23)21(29)14-16-7-6-10-18(25)13-16/h3-10,13H,11-12,14-15H2,1-2H3,(H,26,27,30). The van der Waals surface area contributed by atoms with Gasteiger partial charge in [0.1, 0.15) is 5.82 Å². The molecule has 0 spiro atoms. The molecule has 1 aliphatic rings. The molecule has 30 heavy (non-hydrogen) atoms. The Balaban J connectivity index is 1.56. The highest BCUT2D eigenvalue weighted by Gasteiger charge is 2.30. The number of benzene rings is 2. The van der Waals surface area contributed by atoms with Crippen molar-refractivity contribution in [2.75, 3.05) is 6.54 Å². The third-order valence-electron chi connectivity index (χ3n) is 5.75. The van der Waals surface area contributed by atoms with Crippen LogP contribution >= 0.6 is 11.6 Å². The summed E-state index contributed by atoms with van der Waals surface area (Å²) in [6.07, 6.45) is 0.832. The van der Waals surface area contributed by atoms with Crippen LogP contribution in [0.1, 0.15) is 42.1 Å². The van der Waals surface area contributed by atoms with Gasteiger partial charge in [-0.25, -0.2) is 4.98 Å². The Hall–Kier alpha value is -2.92. The predicted octanol–water partition coefficient (Wildman–Crippen LogP) is 3.88. The minimum atomic E-state index is -0.422. The van der Waals surface area contributed by atoms with Crippen molar-refractivity contribution in [1.82, 2.24) is 14.9 Å². The quantitative estimate of drug-likeness (QED) is 0.695. The molecule has 6 heteroatoms. The molecule has 1 aliphatic heterocycles. The van der Waals surface area contributed by atoms with E-state index in [1.807, 2.05) is 42.5 Å². The van der Waals surface area contributed by atoms with Crippen molar-refractivity contribution in [3.05, 3.63) is 98.2 Å². The molecule has 0 radical (unpaired) electrons. The Morgan fingerprint density at radius 1 is 1.17 bits per heavy atom. The lowest BCUT2D eigenvalue weighted by atomic mass is 9.83. The maximum Gasteiger partial charge on any atom is 0.256 e. The zero-order chi connectivity index (χ0) is 21.3. The molecule has 5 nitrogen and oxygen atoms in total. The summed E-state index contributed by atoms with van der Waals surface area (Å²) >= 11 is 6.02. The second-order valence-corrected chi connectivity index (χ2v) is 8.64. The van der Waals surface area contributed by atoms with Crippen molar-refractivity contribution in [1.29, 1.82) is 0 Å². The summed E-state index contributed by atoms with van der Waals surface area (Å²) in [5.74, 6) is 0.632. The molecule has 1 aromatic heterocycles. The van der Waals surface area contributed by atoms with Crippen molar-refractivity contribution in [2.24, 2.45) is 0 Å². The molecule has 3 aromatic rings. The maximum absolute atomic E-state index is 12.9. The fourth-order valence-electron chi connectivity index (χ4n) is 3.86. The molecule has 0 atom stereocenters. The minimum absolute atomic E-state index is 0.0176. The van der Waals surface area contributed by atoms with Crippen LogP contribution in [0.25, 0.3) is 0 Å². The summed E-state index contributed by atoms with van der Waals surface area (Å²) < 4.78 is 0. The normalized spacial score (nSPS) is 13.8. The third kappa shape index (κ3) is 4.03. The number of carbonyl (C=O) groups excluding carboxylic acids is 1. The Morgan fingerprint density at radius 2 is 1.93 bits per heavy atom. The van der Waals surface area contributed by atoms with E-state index in [-0.39, 0.29) is 24.4 Å². The van der Waals surface area contributed by atoms with Crippen molar-refractivity contribution < 1.29 is 4.79 Å². The van der Waals surface area contributed by atoms with Crippen molar-refractivity contribution in [3.63, 3.8) is 0 Å². The number of halogens is 1. The lowest BCUT2D eigenvalue weighted by Gasteiger charge is -2.30. The Bertz CT molecular complexity index is 1140. The van der Waals surface area contributed by atoms with E-state index in [1.54, 1.807) is 17.0 Å². The van der Waals surface area contributed by atoms with Crippen LogP contribution in [0, 0.1) is 0 Å². The molecule has 2 aromatic carbocycles. The molecule has 0 saturated heterocycles. The minimum Gasteiger partial charge on any atom is -0.337 e. The molecule has 4 rings (SSSR count). The zero-order valence-electron chi connectivity index (χ0n) is 17.1. The summed E-state index contributed by atoms with van der Waals surface area (Å²) in [4.78, 5) is 35.1. The molecular formula is C24H24ClN3O2. The van der Waals surface area contributed by atoms with Crippen LogP contribution in [0.2, 0.25) is 5.02 Å². The molecule has 0 aliphatic carbocycles. The van der Waals surface area contributed by atoms with Gasteiger partial charge in [-0.3, -0.25) is 9.59 Å². The van der Waals surface area contributed by atoms with E-state index in [0.717, 1.165) is 16.8 Å². The van der Waals surface area contributed by atoms with Crippen LogP contribution in [0.4, 0.5) is 0 Å². The van der Waals surface area contributed by atoms with Crippen molar-refractivity contribution in [2.45, 2.75) is 38.6 Å². The van der Waals surface area contributed by atoms with Gasteiger partial charge in [0.2, 0.25) is 5.91 Å². The number of aromatic amines is 1. The molecule has 2 heterocycles. The first-order chi connectivity index (χ1) is 14.3. The van der Waals surface area contributed by atoms with E-state index in [9.17, 15) is 9.59 Å². The fraction of sp³-hybridized carbons (Fsp3) is 0.292. The second kappa shape index (κ2) is 8.07. The van der Waals surface area contributed by atoms with Gasteiger partial charge in [0.15, 0.2) is 0 Å². The summed E-state index contributed by atoms with van der Waals surface area (Å²) in [6, 6.07) is 17.3. The number of rotatable bonds is 4. The Kier molecular flexibility index (Phi) is 5.48. The first kappa shape index (κ1) is 20.4. The van der Waals surface area contributed by atoms with Crippen LogP contribution in [-0.4, -0.2) is 27.3 Å². The van der Waals surface area contributed by atoms with E-state index in [2.05, 4.69) is 18.8 Å². The number of nitrogens with one attached hydrogen (secondary N) is 1. The molecule has 1 N–H and O–H groups in total. The average molecular weight is 422 g/mol. The van der Waals surface area contributed by atoms with E-state index < -0.39 is 5.41 Å². The van der Waals surface area contributed by atoms with Gasteiger partial charge in [-0.1, -0.05) is 54.1 Å². The van der Waals surface area contributed by atoms with Crippen LogP contribution in [0.5, 0.6) is 0 Å². The van der Waals surface area contributed by atoms with Gasteiger partial charge in [0.05, 0.1) is 24.2 Å². The second-order valence-electron chi connectivity index (χ2n) is 8.20. The van der Waals surface area contributed by atoms with Gasteiger partial charge in [0.25, 0.3) is 5.56 Å². The average Bonchev–Trinajstić information content (AvgIpc) is 2.74.